The molecule has 180 valence electrons. The average Bonchev–Trinajstić information content (AvgIpc) is 2.81. The summed E-state index contributed by atoms with van der Waals surface area (Å²) in [6.45, 7) is 3.52. The van der Waals surface area contributed by atoms with E-state index in [1.54, 1.807) is 50.2 Å². The topological polar surface area (TPSA) is 86.8 Å². The zero-order chi connectivity index (χ0) is 24.9. The summed E-state index contributed by atoms with van der Waals surface area (Å²) in [6, 6.07) is 18.5. The molecule has 7 nitrogen and oxygen atoms in total. The SMILES string of the molecule is CCNC(=O)[C@H](C)N(Cc1cccc(Cl)c1)C(=O)CN(C)S(=O)(=O)c1ccc2ccccc2c1. The molecule has 0 radical (unpaired) electrons. The number of hydrogen-bond acceptors (Lipinski definition) is 4. The molecule has 0 bridgehead atoms. The van der Waals surface area contributed by atoms with Gasteiger partial charge in [-0.1, -0.05) is 54.1 Å². The molecule has 2 amide bonds. The number of sulfonamides is 1. The second-order valence-corrected chi connectivity index (χ2v) is 10.5. The van der Waals surface area contributed by atoms with Crippen LogP contribution >= 0.6 is 11.6 Å². The summed E-state index contributed by atoms with van der Waals surface area (Å²) in [5.41, 5.74) is 0.733. The summed E-state index contributed by atoms with van der Waals surface area (Å²) in [4.78, 5) is 27.3. The average molecular weight is 502 g/mol. The Kier molecular flexibility index (Phi) is 8.30. The zero-order valence-electron chi connectivity index (χ0n) is 19.4. The van der Waals surface area contributed by atoms with Crippen molar-refractivity contribution in [3.63, 3.8) is 0 Å². The Morgan fingerprint density at radius 2 is 1.71 bits per heavy atom. The lowest BCUT2D eigenvalue weighted by Gasteiger charge is -2.30. The van der Waals surface area contributed by atoms with Gasteiger partial charge in [-0.05, 0) is 54.4 Å². The molecule has 0 aliphatic heterocycles. The predicted molar refractivity (Wildman–Crippen MR) is 134 cm³/mol. The molecular formula is C25H28ClN3O4S. The maximum atomic E-state index is 13.3. The summed E-state index contributed by atoms with van der Waals surface area (Å²) in [7, 11) is -2.57. The van der Waals surface area contributed by atoms with Gasteiger partial charge in [-0.2, -0.15) is 4.31 Å². The number of halogens is 1. The Hall–Kier alpha value is -2.94. The van der Waals surface area contributed by atoms with E-state index in [9.17, 15) is 18.0 Å². The molecule has 0 spiro atoms. The number of nitrogens with zero attached hydrogens (tertiary/aromatic N) is 2. The fraction of sp³-hybridized carbons (Fsp3) is 0.280. The number of carbonyl (C=O) groups is 2. The molecule has 3 rings (SSSR count). The molecule has 0 aliphatic carbocycles. The van der Waals surface area contributed by atoms with Crippen LogP contribution in [0.2, 0.25) is 5.02 Å². The highest BCUT2D eigenvalue weighted by Gasteiger charge is 2.30. The maximum absolute atomic E-state index is 13.3. The third-order valence-electron chi connectivity index (χ3n) is 5.55. The molecule has 0 saturated carbocycles. The van der Waals surface area contributed by atoms with E-state index in [1.807, 2.05) is 24.3 Å². The van der Waals surface area contributed by atoms with Crippen molar-refractivity contribution in [1.82, 2.24) is 14.5 Å². The molecule has 0 saturated heterocycles. The molecular weight excluding hydrogens is 474 g/mol. The van der Waals surface area contributed by atoms with E-state index >= 15 is 0 Å². The standard InChI is InChI=1S/C25H28ClN3O4S/c1-4-27-25(31)18(2)29(16-19-8-7-11-22(26)14-19)24(30)17-28(3)34(32,33)23-13-12-20-9-5-6-10-21(20)15-23/h5-15,18H,4,16-17H2,1-3H3,(H,27,31)/t18-/m0/s1. The molecule has 0 unspecified atom stereocenters. The lowest BCUT2D eigenvalue weighted by molar-refractivity contribution is -0.140. The van der Waals surface area contributed by atoms with Crippen molar-refractivity contribution >= 4 is 44.2 Å². The smallest absolute Gasteiger partial charge is 0.243 e. The van der Waals surface area contributed by atoms with E-state index in [2.05, 4.69) is 5.32 Å². The van der Waals surface area contributed by atoms with Crippen molar-refractivity contribution in [2.45, 2.75) is 31.3 Å². The summed E-state index contributed by atoms with van der Waals surface area (Å²) in [6.07, 6.45) is 0. The van der Waals surface area contributed by atoms with Crippen LogP contribution in [-0.4, -0.2) is 55.6 Å². The van der Waals surface area contributed by atoms with E-state index in [0.717, 1.165) is 20.6 Å². The van der Waals surface area contributed by atoms with Crippen LogP contribution in [0.15, 0.2) is 71.6 Å². The normalized spacial score (nSPS) is 12.5. The van der Waals surface area contributed by atoms with Crippen molar-refractivity contribution in [2.75, 3.05) is 20.1 Å². The predicted octanol–water partition coefficient (Wildman–Crippen LogP) is 3.67. The summed E-state index contributed by atoms with van der Waals surface area (Å²) in [5.74, 6) is -0.816. The molecule has 0 aromatic heterocycles. The fourth-order valence-electron chi connectivity index (χ4n) is 3.61. The quantitative estimate of drug-likeness (QED) is 0.484. The van der Waals surface area contributed by atoms with Gasteiger partial charge in [0.2, 0.25) is 21.8 Å². The Bertz CT molecular complexity index is 1300. The highest BCUT2D eigenvalue weighted by Crippen LogP contribution is 2.22. The molecule has 34 heavy (non-hydrogen) atoms. The van der Waals surface area contributed by atoms with Crippen LogP contribution in [-0.2, 0) is 26.2 Å². The van der Waals surface area contributed by atoms with Gasteiger partial charge < -0.3 is 10.2 Å². The van der Waals surface area contributed by atoms with Crippen LogP contribution in [0.25, 0.3) is 10.8 Å². The van der Waals surface area contributed by atoms with E-state index in [4.69, 9.17) is 11.6 Å². The van der Waals surface area contributed by atoms with Crippen molar-refractivity contribution < 1.29 is 18.0 Å². The van der Waals surface area contributed by atoms with Crippen LogP contribution in [0, 0.1) is 0 Å². The summed E-state index contributed by atoms with van der Waals surface area (Å²) in [5, 5.41) is 4.93. The van der Waals surface area contributed by atoms with Gasteiger partial charge in [-0.3, -0.25) is 9.59 Å². The molecule has 1 atom stereocenters. The minimum Gasteiger partial charge on any atom is -0.355 e. The van der Waals surface area contributed by atoms with E-state index in [-0.39, 0.29) is 17.3 Å². The minimum absolute atomic E-state index is 0.0969. The number of fused-ring (bicyclic) bond motifs is 1. The van der Waals surface area contributed by atoms with Crippen LogP contribution in [0.1, 0.15) is 19.4 Å². The molecule has 0 heterocycles. The number of amides is 2. The number of carbonyl (C=O) groups excluding carboxylic acids is 2. The first kappa shape index (κ1) is 25.7. The first-order chi connectivity index (χ1) is 16.1. The fourth-order valence-corrected chi connectivity index (χ4v) is 4.98. The van der Waals surface area contributed by atoms with Crippen LogP contribution < -0.4 is 5.32 Å². The number of benzene rings is 3. The van der Waals surface area contributed by atoms with Crippen LogP contribution in [0.5, 0.6) is 0 Å². The highest BCUT2D eigenvalue weighted by molar-refractivity contribution is 7.89. The third kappa shape index (κ3) is 5.94. The lowest BCUT2D eigenvalue weighted by atomic mass is 10.1. The third-order valence-corrected chi connectivity index (χ3v) is 7.58. The monoisotopic (exact) mass is 501 g/mol. The first-order valence-corrected chi connectivity index (χ1v) is 12.7. The van der Waals surface area contributed by atoms with Gasteiger partial charge in [-0.25, -0.2) is 8.42 Å². The number of nitrogens with one attached hydrogen (secondary N) is 1. The largest absolute Gasteiger partial charge is 0.355 e. The zero-order valence-corrected chi connectivity index (χ0v) is 20.9. The Balaban J connectivity index is 1.85. The van der Waals surface area contributed by atoms with Gasteiger partial charge in [0.1, 0.15) is 6.04 Å². The summed E-state index contributed by atoms with van der Waals surface area (Å²) < 4.78 is 27.4. The first-order valence-electron chi connectivity index (χ1n) is 10.9. The van der Waals surface area contributed by atoms with Gasteiger partial charge in [0, 0.05) is 25.2 Å². The molecule has 3 aromatic carbocycles. The van der Waals surface area contributed by atoms with Gasteiger partial charge in [-0.15, -0.1) is 0 Å². The number of rotatable bonds is 9. The Morgan fingerprint density at radius 3 is 2.38 bits per heavy atom. The Morgan fingerprint density at radius 1 is 1.00 bits per heavy atom. The molecule has 3 aromatic rings. The van der Waals surface area contributed by atoms with Crippen LogP contribution in [0.3, 0.4) is 0 Å². The second kappa shape index (κ2) is 11.0. The lowest BCUT2D eigenvalue weighted by Crippen LogP contribution is -2.50. The van der Waals surface area contributed by atoms with Crippen LogP contribution in [0.4, 0.5) is 0 Å². The Labute approximate surface area is 205 Å². The van der Waals surface area contributed by atoms with Gasteiger partial charge in [0.25, 0.3) is 0 Å². The van der Waals surface area contributed by atoms with E-state index in [0.29, 0.717) is 11.6 Å². The van der Waals surface area contributed by atoms with Gasteiger partial charge >= 0.3 is 0 Å². The van der Waals surface area contributed by atoms with Gasteiger partial charge in [0.15, 0.2) is 0 Å². The summed E-state index contributed by atoms with van der Waals surface area (Å²) >= 11 is 6.08. The van der Waals surface area contributed by atoms with E-state index in [1.165, 1.54) is 18.0 Å². The molecule has 1 N–H and O–H groups in total. The number of hydrogen-bond donors (Lipinski definition) is 1. The molecule has 0 aliphatic rings. The van der Waals surface area contributed by atoms with Gasteiger partial charge in [0.05, 0.1) is 11.4 Å². The van der Waals surface area contributed by atoms with Crippen molar-refractivity contribution in [2.24, 2.45) is 0 Å². The van der Waals surface area contributed by atoms with Crippen molar-refractivity contribution in [3.8, 4) is 0 Å². The maximum Gasteiger partial charge on any atom is 0.243 e. The number of likely N-dealkylation sites (N-methyl/N-ethyl adjacent to an activating group) is 2. The minimum atomic E-state index is -3.93. The molecule has 9 heteroatoms. The highest BCUT2D eigenvalue weighted by atomic mass is 35.5. The van der Waals surface area contributed by atoms with E-state index < -0.39 is 28.5 Å². The van der Waals surface area contributed by atoms with Crippen molar-refractivity contribution in [1.29, 1.82) is 0 Å². The molecule has 0 fully saturated rings. The van der Waals surface area contributed by atoms with Crippen molar-refractivity contribution in [3.05, 3.63) is 77.3 Å². The second-order valence-electron chi connectivity index (χ2n) is 7.99.